The Hall–Kier alpha value is -2.84. The molecular formula is C24H26N2O5S. The zero-order valence-corrected chi connectivity index (χ0v) is 19.1. The highest BCUT2D eigenvalue weighted by Gasteiger charge is 2.30. The number of fused-ring (bicyclic) bond motifs is 4. The minimum Gasteiger partial charge on any atom is -0.414 e. The fourth-order valence-corrected chi connectivity index (χ4v) is 5.33. The van der Waals surface area contributed by atoms with Gasteiger partial charge in [-0.3, -0.25) is 4.79 Å². The molecule has 0 saturated heterocycles. The second-order valence-corrected chi connectivity index (χ2v) is 9.26. The summed E-state index contributed by atoms with van der Waals surface area (Å²) in [5.74, 6) is 0.180. The van der Waals surface area contributed by atoms with E-state index in [4.69, 9.17) is 8.83 Å². The molecule has 0 spiro atoms. The smallest absolute Gasteiger partial charge is 0.414 e. The van der Waals surface area contributed by atoms with Crippen molar-refractivity contribution in [2.45, 2.75) is 42.9 Å². The SMILES string of the molecule is CCCC(CC(C)CNC)C(=O)c1cc2oc(=O)c(=O)oc2c2c1Sc1ccccc1N2. The van der Waals surface area contributed by atoms with Gasteiger partial charge in [0.15, 0.2) is 16.9 Å². The van der Waals surface area contributed by atoms with Crippen molar-refractivity contribution in [2.24, 2.45) is 11.8 Å². The predicted molar refractivity (Wildman–Crippen MR) is 125 cm³/mol. The molecule has 2 N–H and O–H groups in total. The molecular weight excluding hydrogens is 428 g/mol. The molecule has 0 aliphatic carbocycles. The van der Waals surface area contributed by atoms with Gasteiger partial charge >= 0.3 is 11.3 Å². The highest BCUT2D eigenvalue weighted by molar-refractivity contribution is 7.99. The van der Waals surface area contributed by atoms with Crippen LogP contribution in [0.1, 0.15) is 43.5 Å². The third kappa shape index (κ3) is 4.25. The van der Waals surface area contributed by atoms with Crippen LogP contribution >= 0.6 is 11.8 Å². The van der Waals surface area contributed by atoms with Gasteiger partial charge in [0.1, 0.15) is 5.69 Å². The standard InChI is InChI=1S/C24H26N2O5S/c1-4-7-14(10-13(2)12-25-3)20(27)15-11-17-21(31-24(29)23(28)30-17)19-22(15)32-18-9-6-5-8-16(18)26-19/h5-6,8-9,11,13-14,25-26H,4,7,10,12H2,1-3H3. The van der Waals surface area contributed by atoms with E-state index in [1.807, 2.05) is 31.3 Å². The van der Waals surface area contributed by atoms with E-state index in [0.29, 0.717) is 22.1 Å². The molecule has 32 heavy (non-hydrogen) atoms. The van der Waals surface area contributed by atoms with Gasteiger partial charge in [-0.2, -0.15) is 0 Å². The number of rotatable bonds is 8. The van der Waals surface area contributed by atoms with E-state index < -0.39 is 11.3 Å². The van der Waals surface area contributed by atoms with Crippen LogP contribution in [-0.4, -0.2) is 19.4 Å². The van der Waals surface area contributed by atoms with Crippen LogP contribution in [0.25, 0.3) is 11.2 Å². The molecule has 168 valence electrons. The number of para-hydroxylation sites is 1. The van der Waals surface area contributed by atoms with Crippen LogP contribution in [0.15, 0.2) is 58.5 Å². The van der Waals surface area contributed by atoms with Gasteiger partial charge < -0.3 is 19.5 Å². The lowest BCUT2D eigenvalue weighted by Gasteiger charge is -2.25. The lowest BCUT2D eigenvalue weighted by atomic mass is 9.85. The maximum Gasteiger partial charge on any atom is 0.423 e. The highest BCUT2D eigenvalue weighted by atomic mass is 32.2. The summed E-state index contributed by atoms with van der Waals surface area (Å²) in [5.41, 5.74) is -0.152. The number of ketones is 1. The monoisotopic (exact) mass is 454 g/mol. The van der Waals surface area contributed by atoms with Gasteiger partial charge in [0.25, 0.3) is 0 Å². The zero-order valence-electron chi connectivity index (χ0n) is 18.3. The Morgan fingerprint density at radius 3 is 2.69 bits per heavy atom. The number of hydrogen-bond donors (Lipinski definition) is 2. The second kappa shape index (κ2) is 9.34. The average molecular weight is 455 g/mol. The van der Waals surface area contributed by atoms with E-state index in [0.717, 1.165) is 36.4 Å². The molecule has 0 fully saturated rings. The van der Waals surface area contributed by atoms with Crippen molar-refractivity contribution in [3.63, 3.8) is 0 Å². The second-order valence-electron chi connectivity index (χ2n) is 8.21. The molecule has 4 rings (SSSR count). The lowest BCUT2D eigenvalue weighted by Crippen LogP contribution is -2.24. The maximum atomic E-state index is 13.8. The van der Waals surface area contributed by atoms with E-state index in [9.17, 15) is 14.4 Å². The Labute approximate surface area is 189 Å². The highest BCUT2D eigenvalue weighted by Crippen LogP contribution is 2.49. The van der Waals surface area contributed by atoms with Gasteiger partial charge in [-0.15, -0.1) is 0 Å². The van der Waals surface area contributed by atoms with Crippen LogP contribution in [0.5, 0.6) is 0 Å². The van der Waals surface area contributed by atoms with Crippen LogP contribution in [-0.2, 0) is 0 Å². The molecule has 7 nitrogen and oxygen atoms in total. The van der Waals surface area contributed by atoms with Gasteiger partial charge in [-0.25, -0.2) is 9.59 Å². The summed E-state index contributed by atoms with van der Waals surface area (Å²) < 4.78 is 10.5. The fourth-order valence-electron chi connectivity index (χ4n) is 4.22. The van der Waals surface area contributed by atoms with E-state index in [2.05, 4.69) is 24.5 Å². The normalized spacial score (nSPS) is 14.3. The molecule has 1 aliphatic heterocycles. The number of nitrogens with one attached hydrogen (secondary N) is 2. The van der Waals surface area contributed by atoms with Crippen molar-refractivity contribution in [1.29, 1.82) is 0 Å². The molecule has 1 aliphatic rings. The van der Waals surface area contributed by atoms with Crippen LogP contribution in [0, 0.1) is 11.8 Å². The van der Waals surface area contributed by atoms with Gasteiger partial charge in [0, 0.05) is 16.4 Å². The van der Waals surface area contributed by atoms with Gasteiger partial charge in [-0.05, 0) is 50.6 Å². The molecule has 2 atom stereocenters. The summed E-state index contributed by atoms with van der Waals surface area (Å²) in [6.45, 7) is 5.02. The Morgan fingerprint density at radius 2 is 1.94 bits per heavy atom. The van der Waals surface area contributed by atoms with Crippen molar-refractivity contribution in [2.75, 3.05) is 18.9 Å². The molecule has 2 unspecified atom stereocenters. The van der Waals surface area contributed by atoms with Crippen LogP contribution < -0.4 is 21.9 Å². The maximum absolute atomic E-state index is 13.8. The molecule has 2 heterocycles. The Bertz CT molecular complexity index is 1280. The number of Topliss-reactive ketones (excluding diaryl/α,β-unsaturated/α-hetero) is 1. The predicted octanol–water partition coefficient (Wildman–Crippen LogP) is 4.80. The molecule has 2 aromatic carbocycles. The van der Waals surface area contributed by atoms with E-state index in [-0.39, 0.29) is 22.9 Å². The van der Waals surface area contributed by atoms with Gasteiger partial charge in [0.2, 0.25) is 0 Å². The lowest BCUT2D eigenvalue weighted by molar-refractivity contribution is 0.0890. The molecule has 3 aromatic rings. The van der Waals surface area contributed by atoms with E-state index >= 15 is 0 Å². The molecule has 8 heteroatoms. The fraction of sp³-hybridized carbons (Fsp3) is 0.375. The van der Waals surface area contributed by atoms with Crippen LogP contribution in [0.2, 0.25) is 0 Å². The topological polar surface area (TPSA) is 102 Å². The average Bonchev–Trinajstić information content (AvgIpc) is 2.78. The van der Waals surface area contributed by atoms with E-state index in [1.165, 1.54) is 11.8 Å². The Kier molecular flexibility index (Phi) is 6.53. The van der Waals surface area contributed by atoms with Gasteiger partial charge in [-0.1, -0.05) is 44.2 Å². The number of carbonyl (C=O) groups is 1. The first-order valence-electron chi connectivity index (χ1n) is 10.8. The first kappa shape index (κ1) is 22.4. The summed E-state index contributed by atoms with van der Waals surface area (Å²) in [6, 6.07) is 9.25. The van der Waals surface area contributed by atoms with Crippen molar-refractivity contribution >= 4 is 40.1 Å². The molecule has 0 bridgehead atoms. The van der Waals surface area contributed by atoms with Crippen LogP contribution in [0.4, 0.5) is 11.4 Å². The van der Waals surface area contributed by atoms with Crippen molar-refractivity contribution in [1.82, 2.24) is 5.32 Å². The molecule has 0 saturated carbocycles. The molecule has 1 aromatic heterocycles. The number of anilines is 2. The summed E-state index contributed by atoms with van der Waals surface area (Å²) in [6.07, 6.45) is 2.40. The largest absolute Gasteiger partial charge is 0.423 e. The third-order valence-electron chi connectivity index (χ3n) is 5.63. The van der Waals surface area contributed by atoms with Gasteiger partial charge in [0.05, 0.1) is 10.6 Å². The minimum atomic E-state index is -1.09. The summed E-state index contributed by atoms with van der Waals surface area (Å²) in [5, 5.41) is 6.45. The van der Waals surface area contributed by atoms with Crippen molar-refractivity contribution < 1.29 is 13.6 Å². The first-order chi connectivity index (χ1) is 15.4. The quantitative estimate of drug-likeness (QED) is 0.289. The summed E-state index contributed by atoms with van der Waals surface area (Å²) >= 11 is 1.45. The van der Waals surface area contributed by atoms with Crippen LogP contribution in [0.3, 0.4) is 0 Å². The van der Waals surface area contributed by atoms with Crippen molar-refractivity contribution in [3.8, 4) is 0 Å². The molecule has 0 amide bonds. The first-order valence-corrected chi connectivity index (χ1v) is 11.6. The minimum absolute atomic E-state index is 0.00971. The zero-order chi connectivity index (χ0) is 22.8. The summed E-state index contributed by atoms with van der Waals surface area (Å²) in [4.78, 5) is 39.1. The Balaban J connectivity index is 1.87. The number of carbonyl (C=O) groups excluding carboxylic acids is 1. The number of hydrogen-bond acceptors (Lipinski definition) is 8. The number of benzene rings is 2. The Morgan fingerprint density at radius 1 is 1.19 bits per heavy atom. The summed E-state index contributed by atoms with van der Waals surface area (Å²) in [7, 11) is 1.91. The molecule has 0 radical (unpaired) electrons. The van der Waals surface area contributed by atoms with Crippen molar-refractivity contribution in [3.05, 3.63) is 56.7 Å². The third-order valence-corrected chi connectivity index (χ3v) is 6.84. The van der Waals surface area contributed by atoms with E-state index in [1.54, 1.807) is 6.07 Å².